The molecule has 0 fully saturated rings. The van der Waals surface area contributed by atoms with Crippen LogP contribution in [0, 0.1) is 6.92 Å². The Morgan fingerprint density at radius 1 is 1.27 bits per heavy atom. The number of rotatable bonds is 8. The average molecular weight is 391 g/mol. The van der Waals surface area contributed by atoms with E-state index in [9.17, 15) is 21.9 Å². The fraction of sp³-hybridized carbons (Fsp3) is 0.500. The van der Waals surface area contributed by atoms with Crippen molar-refractivity contribution in [2.45, 2.75) is 46.3 Å². The van der Waals surface area contributed by atoms with Crippen molar-refractivity contribution in [2.75, 3.05) is 6.54 Å². The number of halogens is 1. The van der Waals surface area contributed by atoms with Crippen LogP contribution in [0.4, 0.5) is 3.89 Å². The zero-order valence-electron chi connectivity index (χ0n) is 15.0. The first-order valence-electron chi connectivity index (χ1n) is 7.67. The normalized spacial score (nSPS) is 11.9. The van der Waals surface area contributed by atoms with Crippen LogP contribution < -0.4 is 9.50 Å². The minimum atomic E-state index is -5.26. The lowest BCUT2D eigenvalue weighted by atomic mass is 10.0. The van der Waals surface area contributed by atoms with Gasteiger partial charge in [-0.15, -0.1) is 0 Å². The molecule has 0 aromatic heterocycles. The molecule has 0 saturated heterocycles. The molecule has 0 radical (unpaired) electrons. The minimum Gasteiger partial charge on any atom is -0.481 e. The standard InChI is InChI=1S/C16H22FNO7S/c1-10-12(8-18-9-15(21)24-16(2,3)4)5-11(7-14(19)20)6-13(10)25-26(17,22)23/h5-6,18H,7-9H2,1-4H3,(H,19,20). The van der Waals surface area contributed by atoms with Gasteiger partial charge in [0.2, 0.25) is 0 Å². The zero-order chi connectivity index (χ0) is 20.1. The Labute approximate surface area is 151 Å². The van der Waals surface area contributed by atoms with E-state index in [1.807, 2.05) is 0 Å². The fourth-order valence-electron chi connectivity index (χ4n) is 2.14. The second kappa shape index (κ2) is 8.45. The molecular formula is C16H22FNO7S. The van der Waals surface area contributed by atoms with E-state index in [-0.39, 0.29) is 24.4 Å². The summed E-state index contributed by atoms with van der Waals surface area (Å²) in [6.07, 6.45) is -0.401. The molecule has 0 aliphatic rings. The first-order valence-corrected chi connectivity index (χ1v) is 8.98. The van der Waals surface area contributed by atoms with Gasteiger partial charge >= 0.3 is 22.4 Å². The van der Waals surface area contributed by atoms with Gasteiger partial charge in [0.25, 0.3) is 0 Å². The van der Waals surface area contributed by atoms with Crippen molar-refractivity contribution in [1.82, 2.24) is 5.32 Å². The van der Waals surface area contributed by atoms with Crippen molar-refractivity contribution in [3.05, 3.63) is 28.8 Å². The third-order valence-electron chi connectivity index (χ3n) is 3.08. The van der Waals surface area contributed by atoms with Gasteiger partial charge in [-0.2, -0.15) is 8.42 Å². The zero-order valence-corrected chi connectivity index (χ0v) is 15.8. The summed E-state index contributed by atoms with van der Waals surface area (Å²) in [6, 6.07) is 2.67. The number of ether oxygens (including phenoxy) is 1. The smallest absolute Gasteiger partial charge is 0.481 e. The molecule has 1 aromatic rings. The number of carbonyl (C=O) groups excluding carboxylic acids is 1. The van der Waals surface area contributed by atoms with Gasteiger partial charge in [0, 0.05) is 6.54 Å². The Balaban J connectivity index is 2.96. The van der Waals surface area contributed by atoms with E-state index in [2.05, 4.69) is 9.50 Å². The molecule has 0 spiro atoms. The number of carboxylic acid groups (broad SMARTS) is 1. The molecule has 0 atom stereocenters. The molecule has 0 unspecified atom stereocenters. The van der Waals surface area contributed by atoms with Crippen molar-refractivity contribution in [2.24, 2.45) is 0 Å². The lowest BCUT2D eigenvalue weighted by molar-refractivity contribution is -0.153. The largest absolute Gasteiger partial charge is 0.488 e. The molecule has 0 bridgehead atoms. The summed E-state index contributed by atoms with van der Waals surface area (Å²) in [7, 11) is -5.26. The van der Waals surface area contributed by atoms with Crippen LogP contribution in [0.25, 0.3) is 0 Å². The Bertz CT molecular complexity index is 785. The van der Waals surface area contributed by atoms with Crippen LogP contribution in [-0.2, 0) is 37.8 Å². The molecule has 1 rings (SSSR count). The fourth-order valence-corrected chi connectivity index (χ4v) is 2.53. The highest BCUT2D eigenvalue weighted by molar-refractivity contribution is 7.81. The third-order valence-corrected chi connectivity index (χ3v) is 3.46. The van der Waals surface area contributed by atoms with Crippen molar-refractivity contribution in [1.29, 1.82) is 0 Å². The number of hydrogen-bond acceptors (Lipinski definition) is 7. The molecule has 0 heterocycles. The van der Waals surface area contributed by atoms with E-state index in [0.29, 0.717) is 11.1 Å². The lowest BCUT2D eigenvalue weighted by Gasteiger charge is -2.19. The molecular weight excluding hydrogens is 369 g/mol. The number of nitrogens with one attached hydrogen (secondary N) is 1. The van der Waals surface area contributed by atoms with E-state index < -0.39 is 34.5 Å². The lowest BCUT2D eigenvalue weighted by Crippen LogP contribution is -2.31. The van der Waals surface area contributed by atoms with E-state index in [4.69, 9.17) is 9.84 Å². The van der Waals surface area contributed by atoms with Gasteiger partial charge in [-0.25, -0.2) is 0 Å². The van der Waals surface area contributed by atoms with Gasteiger partial charge in [0.1, 0.15) is 11.4 Å². The summed E-state index contributed by atoms with van der Waals surface area (Å²) in [6.45, 7) is 6.66. The molecule has 146 valence electrons. The summed E-state index contributed by atoms with van der Waals surface area (Å²) >= 11 is 0. The summed E-state index contributed by atoms with van der Waals surface area (Å²) in [5, 5.41) is 11.7. The van der Waals surface area contributed by atoms with Crippen LogP contribution >= 0.6 is 0 Å². The molecule has 26 heavy (non-hydrogen) atoms. The highest BCUT2D eigenvalue weighted by Gasteiger charge is 2.18. The van der Waals surface area contributed by atoms with E-state index in [1.54, 1.807) is 20.8 Å². The SMILES string of the molecule is Cc1c(CNCC(=O)OC(C)(C)C)cc(CC(=O)O)cc1OS(=O)(=O)F. The van der Waals surface area contributed by atoms with Gasteiger partial charge in [0.05, 0.1) is 13.0 Å². The monoisotopic (exact) mass is 391 g/mol. The van der Waals surface area contributed by atoms with Crippen LogP contribution in [0.15, 0.2) is 12.1 Å². The Morgan fingerprint density at radius 3 is 2.38 bits per heavy atom. The predicted octanol–water partition coefficient (Wildman–Crippen LogP) is 1.65. The number of benzene rings is 1. The number of hydrogen-bond donors (Lipinski definition) is 2. The summed E-state index contributed by atoms with van der Waals surface area (Å²) < 4.78 is 43.8. The maximum atomic E-state index is 12.9. The van der Waals surface area contributed by atoms with Gasteiger partial charge in [-0.1, -0.05) is 9.95 Å². The van der Waals surface area contributed by atoms with Gasteiger partial charge in [-0.05, 0) is 50.5 Å². The van der Waals surface area contributed by atoms with Crippen molar-refractivity contribution < 1.29 is 35.9 Å². The average Bonchev–Trinajstić information content (AvgIpc) is 2.39. The number of esters is 1. The molecule has 0 aliphatic carbocycles. The molecule has 0 aliphatic heterocycles. The van der Waals surface area contributed by atoms with Gasteiger partial charge in [-0.3, -0.25) is 9.59 Å². The first-order chi connectivity index (χ1) is 11.8. The van der Waals surface area contributed by atoms with Crippen LogP contribution in [0.2, 0.25) is 0 Å². The Kier molecular flexibility index (Phi) is 7.10. The maximum Gasteiger partial charge on any atom is 0.488 e. The quantitative estimate of drug-likeness (QED) is 0.507. The van der Waals surface area contributed by atoms with E-state index in [1.165, 1.54) is 13.0 Å². The van der Waals surface area contributed by atoms with Crippen molar-refractivity contribution in [3.63, 3.8) is 0 Å². The second-order valence-corrected chi connectivity index (χ2v) is 7.57. The Hall–Kier alpha value is -2.20. The third kappa shape index (κ3) is 8.26. The highest BCUT2D eigenvalue weighted by atomic mass is 32.3. The molecule has 0 amide bonds. The number of aliphatic carboxylic acids is 1. The summed E-state index contributed by atoms with van der Waals surface area (Å²) in [5.74, 6) is -1.93. The molecule has 8 nitrogen and oxygen atoms in total. The van der Waals surface area contributed by atoms with Gasteiger partial charge < -0.3 is 19.3 Å². The molecule has 1 aromatic carbocycles. The highest BCUT2D eigenvalue weighted by Crippen LogP contribution is 2.26. The van der Waals surface area contributed by atoms with Crippen LogP contribution in [0.5, 0.6) is 5.75 Å². The second-order valence-electron chi connectivity index (χ2n) is 6.62. The predicted molar refractivity (Wildman–Crippen MR) is 90.7 cm³/mol. The van der Waals surface area contributed by atoms with Crippen LogP contribution in [-0.4, -0.2) is 37.6 Å². The Morgan fingerprint density at radius 2 is 1.88 bits per heavy atom. The molecule has 0 saturated carbocycles. The van der Waals surface area contributed by atoms with E-state index >= 15 is 0 Å². The number of carboxylic acids is 1. The summed E-state index contributed by atoms with van der Waals surface area (Å²) in [5.41, 5.74) is 0.367. The van der Waals surface area contributed by atoms with Crippen LogP contribution in [0.1, 0.15) is 37.5 Å². The molecule has 2 N–H and O–H groups in total. The number of carbonyl (C=O) groups is 2. The first kappa shape index (κ1) is 21.8. The molecule has 10 heteroatoms. The minimum absolute atomic E-state index is 0.0984. The summed E-state index contributed by atoms with van der Waals surface area (Å²) in [4.78, 5) is 22.6. The van der Waals surface area contributed by atoms with Gasteiger partial charge in [0.15, 0.2) is 0 Å². The van der Waals surface area contributed by atoms with E-state index in [0.717, 1.165) is 6.07 Å². The topological polar surface area (TPSA) is 119 Å². The maximum absolute atomic E-state index is 12.9. The van der Waals surface area contributed by atoms with Crippen LogP contribution in [0.3, 0.4) is 0 Å². The van der Waals surface area contributed by atoms with Crippen molar-refractivity contribution in [3.8, 4) is 5.75 Å². The van der Waals surface area contributed by atoms with Crippen molar-refractivity contribution >= 4 is 22.4 Å².